The fraction of sp³-hybridized carbons (Fsp3) is 0.500. The van der Waals surface area contributed by atoms with Crippen LogP contribution in [0.1, 0.15) is 43.6 Å². The number of carbonyl (C=O) groups excluding carboxylic acids is 1. The predicted molar refractivity (Wildman–Crippen MR) is 119 cm³/mol. The van der Waals surface area contributed by atoms with E-state index in [-0.39, 0.29) is 11.8 Å². The van der Waals surface area contributed by atoms with Crippen molar-refractivity contribution in [1.29, 1.82) is 0 Å². The van der Waals surface area contributed by atoms with Gasteiger partial charge in [-0.1, -0.05) is 26.0 Å². The minimum atomic E-state index is 0.00857. The Bertz CT molecular complexity index is 826. The second kappa shape index (κ2) is 11.2. The number of aliphatic imine (C=N–C) groups is 1. The number of carbonyl (C=O) groups is 1. The van der Waals surface area contributed by atoms with Crippen LogP contribution >= 0.6 is 0 Å². The van der Waals surface area contributed by atoms with Gasteiger partial charge in [0.1, 0.15) is 0 Å². The van der Waals surface area contributed by atoms with E-state index in [4.69, 9.17) is 0 Å². The quantitative estimate of drug-likeness (QED) is 0.344. The molecule has 0 fully saturated rings. The summed E-state index contributed by atoms with van der Waals surface area (Å²) in [6.45, 7) is 10.4. The fourth-order valence-electron chi connectivity index (χ4n) is 2.95. The van der Waals surface area contributed by atoms with Gasteiger partial charge in [-0.25, -0.2) is 0 Å². The van der Waals surface area contributed by atoms with Gasteiger partial charge in [0.25, 0.3) is 0 Å². The van der Waals surface area contributed by atoms with Gasteiger partial charge in [-0.05, 0) is 50.5 Å². The monoisotopic (exact) mass is 398 g/mol. The Balaban J connectivity index is 1.77. The zero-order chi connectivity index (χ0) is 21.2. The number of nitrogens with zero attached hydrogens (tertiary/aromatic N) is 3. The maximum atomic E-state index is 12.1. The van der Waals surface area contributed by atoms with Crippen molar-refractivity contribution in [3.05, 3.63) is 47.3 Å². The van der Waals surface area contributed by atoms with Crippen molar-refractivity contribution >= 4 is 17.6 Å². The van der Waals surface area contributed by atoms with E-state index in [0.29, 0.717) is 6.54 Å². The lowest BCUT2D eigenvalue weighted by molar-refractivity contribution is -0.119. The zero-order valence-electron chi connectivity index (χ0n) is 18.2. The molecule has 1 heterocycles. The van der Waals surface area contributed by atoms with E-state index in [0.717, 1.165) is 48.8 Å². The van der Waals surface area contributed by atoms with Gasteiger partial charge in [-0.15, -0.1) is 0 Å². The lowest BCUT2D eigenvalue weighted by Crippen LogP contribution is -2.37. The van der Waals surface area contributed by atoms with E-state index in [1.54, 1.807) is 7.05 Å². The zero-order valence-corrected chi connectivity index (χ0v) is 18.2. The largest absolute Gasteiger partial charge is 0.356 e. The summed E-state index contributed by atoms with van der Waals surface area (Å²) in [6, 6.07) is 9.97. The van der Waals surface area contributed by atoms with Crippen molar-refractivity contribution in [2.24, 2.45) is 10.9 Å². The molecular weight excluding hydrogens is 364 g/mol. The Morgan fingerprint density at radius 1 is 1.24 bits per heavy atom. The number of nitrogens with one attached hydrogen (secondary N) is 3. The maximum Gasteiger partial charge on any atom is 0.227 e. The number of guanidine groups is 1. The fourth-order valence-corrected chi connectivity index (χ4v) is 2.95. The molecule has 0 bridgehead atoms. The van der Waals surface area contributed by atoms with E-state index in [1.807, 2.05) is 49.7 Å². The average Bonchev–Trinajstić information content (AvgIpc) is 3.04. The highest BCUT2D eigenvalue weighted by Gasteiger charge is 2.10. The van der Waals surface area contributed by atoms with E-state index < -0.39 is 0 Å². The van der Waals surface area contributed by atoms with Gasteiger partial charge in [0.05, 0.1) is 5.69 Å². The molecule has 158 valence electrons. The molecule has 0 saturated heterocycles. The molecule has 7 heteroatoms. The molecule has 0 spiro atoms. The third-order valence-corrected chi connectivity index (χ3v) is 4.88. The van der Waals surface area contributed by atoms with Gasteiger partial charge < -0.3 is 16.0 Å². The highest BCUT2D eigenvalue weighted by Crippen LogP contribution is 2.13. The summed E-state index contributed by atoms with van der Waals surface area (Å²) in [5.41, 5.74) is 4.14. The smallest absolute Gasteiger partial charge is 0.227 e. The molecule has 0 saturated carbocycles. The minimum Gasteiger partial charge on any atom is -0.356 e. The minimum absolute atomic E-state index is 0.00857. The normalized spacial score (nSPS) is 12.5. The van der Waals surface area contributed by atoms with Crippen LogP contribution < -0.4 is 16.0 Å². The van der Waals surface area contributed by atoms with E-state index in [1.165, 1.54) is 5.69 Å². The van der Waals surface area contributed by atoms with Gasteiger partial charge in [0.15, 0.2) is 5.96 Å². The molecule has 1 atom stereocenters. The first-order valence-corrected chi connectivity index (χ1v) is 10.3. The Hall–Kier alpha value is -2.83. The van der Waals surface area contributed by atoms with Crippen molar-refractivity contribution in [3.63, 3.8) is 0 Å². The topological polar surface area (TPSA) is 83.3 Å². The molecule has 29 heavy (non-hydrogen) atoms. The van der Waals surface area contributed by atoms with Crippen LogP contribution in [-0.2, 0) is 17.9 Å². The van der Waals surface area contributed by atoms with Crippen LogP contribution in [0.25, 0.3) is 0 Å². The lowest BCUT2D eigenvalue weighted by Gasteiger charge is -2.14. The van der Waals surface area contributed by atoms with Gasteiger partial charge in [0, 0.05) is 44.0 Å². The Kier molecular flexibility index (Phi) is 8.70. The number of aryl methyl sites for hydroxylation is 3. The third kappa shape index (κ3) is 7.25. The predicted octanol–water partition coefficient (Wildman–Crippen LogP) is 3.24. The molecule has 3 N–H and O–H groups in total. The van der Waals surface area contributed by atoms with E-state index in [9.17, 15) is 4.79 Å². The molecule has 1 unspecified atom stereocenters. The number of amides is 1. The molecule has 2 rings (SSSR count). The molecule has 0 aliphatic rings. The highest BCUT2D eigenvalue weighted by atomic mass is 16.1. The van der Waals surface area contributed by atoms with E-state index in [2.05, 4.69) is 39.0 Å². The summed E-state index contributed by atoms with van der Waals surface area (Å²) in [7, 11) is 1.76. The number of anilines is 1. The van der Waals surface area contributed by atoms with Crippen LogP contribution in [0.3, 0.4) is 0 Å². The van der Waals surface area contributed by atoms with Crippen LogP contribution in [0.4, 0.5) is 5.69 Å². The molecule has 1 aromatic heterocycles. The number of hydrogen-bond donors (Lipinski definition) is 3. The summed E-state index contributed by atoms with van der Waals surface area (Å²) < 4.78 is 2.03. The Labute approximate surface area is 174 Å². The molecular formula is C22H34N6O. The summed E-state index contributed by atoms with van der Waals surface area (Å²) in [4.78, 5) is 16.4. The van der Waals surface area contributed by atoms with Crippen LogP contribution in [-0.4, -0.2) is 35.2 Å². The Morgan fingerprint density at radius 2 is 2.03 bits per heavy atom. The number of benzene rings is 1. The van der Waals surface area contributed by atoms with Crippen molar-refractivity contribution in [1.82, 2.24) is 20.4 Å². The van der Waals surface area contributed by atoms with Crippen LogP contribution in [0.5, 0.6) is 0 Å². The summed E-state index contributed by atoms with van der Waals surface area (Å²) in [5, 5.41) is 14.1. The molecule has 0 radical (unpaired) electrons. The molecule has 7 nitrogen and oxygen atoms in total. The first-order chi connectivity index (χ1) is 13.9. The number of hydrogen-bond acceptors (Lipinski definition) is 3. The van der Waals surface area contributed by atoms with Gasteiger partial charge in [0.2, 0.25) is 5.91 Å². The van der Waals surface area contributed by atoms with Gasteiger partial charge in [-0.2, -0.15) is 5.10 Å². The first kappa shape index (κ1) is 22.5. The number of aromatic nitrogens is 2. The number of rotatable bonds is 9. The molecule has 0 aliphatic carbocycles. The molecule has 1 aromatic carbocycles. The first-order valence-electron chi connectivity index (χ1n) is 10.3. The second-order valence-electron chi connectivity index (χ2n) is 7.36. The van der Waals surface area contributed by atoms with E-state index >= 15 is 0 Å². The standard InChI is InChI=1S/C22H34N6O/c1-6-16(2)21(29)26-20-10-7-9-19(14-20)15-25-22(23-5)24-11-8-12-28-18(4)13-17(3)27-28/h7,9-10,13-14,16H,6,8,11-12,15H2,1-5H3,(H,26,29)(H2,23,24,25). The lowest BCUT2D eigenvalue weighted by atomic mass is 10.1. The molecule has 2 aromatic rings. The van der Waals surface area contributed by atoms with Gasteiger partial charge in [-0.3, -0.25) is 14.5 Å². The van der Waals surface area contributed by atoms with Crippen molar-refractivity contribution in [2.45, 2.75) is 53.6 Å². The maximum absolute atomic E-state index is 12.1. The summed E-state index contributed by atoms with van der Waals surface area (Å²) >= 11 is 0. The second-order valence-corrected chi connectivity index (χ2v) is 7.36. The average molecular weight is 399 g/mol. The summed E-state index contributed by atoms with van der Waals surface area (Å²) in [6.07, 6.45) is 1.79. The van der Waals surface area contributed by atoms with Crippen molar-refractivity contribution in [3.8, 4) is 0 Å². The third-order valence-electron chi connectivity index (χ3n) is 4.88. The highest BCUT2D eigenvalue weighted by molar-refractivity contribution is 5.92. The van der Waals surface area contributed by atoms with Gasteiger partial charge >= 0.3 is 0 Å². The van der Waals surface area contributed by atoms with Crippen LogP contribution in [0.15, 0.2) is 35.3 Å². The Morgan fingerprint density at radius 3 is 2.69 bits per heavy atom. The van der Waals surface area contributed by atoms with Crippen LogP contribution in [0.2, 0.25) is 0 Å². The summed E-state index contributed by atoms with van der Waals surface area (Å²) in [5.74, 6) is 0.819. The molecule has 0 aliphatic heterocycles. The van der Waals surface area contributed by atoms with Crippen LogP contribution in [0, 0.1) is 19.8 Å². The van der Waals surface area contributed by atoms with Crippen molar-refractivity contribution in [2.75, 3.05) is 18.9 Å². The van der Waals surface area contributed by atoms with Crippen molar-refractivity contribution < 1.29 is 4.79 Å². The SMILES string of the molecule is CCC(C)C(=O)Nc1cccc(CNC(=NC)NCCCn2nc(C)cc2C)c1. The molecule has 1 amide bonds.